The second-order valence-electron chi connectivity index (χ2n) is 4.04. The predicted molar refractivity (Wildman–Crippen MR) is 76.2 cm³/mol. The van der Waals surface area contributed by atoms with Crippen LogP contribution in [0.15, 0.2) is 42.5 Å². The second-order valence-corrected chi connectivity index (χ2v) is 4.04. The fraction of sp³-hybridized carbons (Fsp3) is 0.0714. The lowest BCUT2D eigenvalue weighted by Crippen LogP contribution is -2.13. The first kappa shape index (κ1) is 12.8. The summed E-state index contributed by atoms with van der Waals surface area (Å²) in [6.45, 7) is 0. The molecule has 0 aliphatic heterocycles. The Morgan fingerprint density at radius 1 is 1.11 bits per heavy atom. The van der Waals surface area contributed by atoms with Gasteiger partial charge in [0.15, 0.2) is 0 Å². The lowest BCUT2D eigenvalue weighted by atomic mass is 10.1. The Labute approximate surface area is 111 Å². The van der Waals surface area contributed by atoms with E-state index in [-0.39, 0.29) is 5.91 Å². The molecule has 0 saturated carbocycles. The topological polar surface area (TPSA) is 90.4 Å². The minimum absolute atomic E-state index is 0.288. The maximum absolute atomic E-state index is 12.1. The van der Waals surface area contributed by atoms with Gasteiger partial charge in [0.2, 0.25) is 0 Å². The first-order valence-electron chi connectivity index (χ1n) is 5.70. The number of nitrogen functional groups attached to an aromatic ring is 2. The number of hydrogen-bond acceptors (Lipinski definition) is 4. The van der Waals surface area contributed by atoms with Crippen molar-refractivity contribution in [1.29, 1.82) is 0 Å². The monoisotopic (exact) mass is 257 g/mol. The number of amides is 1. The molecule has 0 aliphatic carbocycles. The summed E-state index contributed by atoms with van der Waals surface area (Å²) in [5.74, 6) is 0.302. The molecule has 98 valence electrons. The zero-order valence-corrected chi connectivity index (χ0v) is 10.5. The normalized spacial score (nSPS) is 9.95. The van der Waals surface area contributed by atoms with Gasteiger partial charge in [0.1, 0.15) is 5.75 Å². The number of ether oxygens (including phenoxy) is 1. The van der Waals surface area contributed by atoms with E-state index in [0.29, 0.717) is 28.4 Å². The number of carbonyl (C=O) groups excluding carboxylic acids is 1. The van der Waals surface area contributed by atoms with Gasteiger partial charge >= 0.3 is 0 Å². The molecule has 0 heterocycles. The molecule has 5 N–H and O–H groups in total. The maximum atomic E-state index is 12.1. The van der Waals surface area contributed by atoms with Crippen LogP contribution in [0.5, 0.6) is 5.75 Å². The van der Waals surface area contributed by atoms with Crippen LogP contribution in [0.4, 0.5) is 17.1 Å². The lowest BCUT2D eigenvalue weighted by Gasteiger charge is -2.10. The molecule has 0 fully saturated rings. The van der Waals surface area contributed by atoms with Gasteiger partial charge in [-0.05, 0) is 30.3 Å². The van der Waals surface area contributed by atoms with Crippen LogP contribution in [-0.2, 0) is 0 Å². The SMILES string of the molecule is COc1ccccc1NC(=O)c1cc(N)cc(N)c1. The average Bonchev–Trinajstić information content (AvgIpc) is 2.38. The van der Waals surface area contributed by atoms with Crippen LogP contribution in [0.1, 0.15) is 10.4 Å². The highest BCUT2D eigenvalue weighted by molar-refractivity contribution is 6.06. The number of carbonyl (C=O) groups is 1. The molecule has 0 atom stereocenters. The van der Waals surface area contributed by atoms with Crippen LogP contribution in [-0.4, -0.2) is 13.0 Å². The number of nitrogens with two attached hydrogens (primary N) is 2. The molecule has 0 spiro atoms. The molecule has 19 heavy (non-hydrogen) atoms. The molecule has 0 radical (unpaired) electrons. The van der Waals surface area contributed by atoms with Crippen LogP contribution < -0.4 is 21.5 Å². The van der Waals surface area contributed by atoms with Crippen molar-refractivity contribution in [1.82, 2.24) is 0 Å². The minimum atomic E-state index is -0.288. The molecule has 0 aromatic heterocycles. The molecular formula is C14H15N3O2. The van der Waals surface area contributed by atoms with E-state index in [1.165, 1.54) is 0 Å². The third kappa shape index (κ3) is 2.95. The van der Waals surface area contributed by atoms with E-state index in [4.69, 9.17) is 16.2 Å². The van der Waals surface area contributed by atoms with Gasteiger partial charge in [-0.2, -0.15) is 0 Å². The van der Waals surface area contributed by atoms with E-state index >= 15 is 0 Å². The Kier molecular flexibility index (Phi) is 3.56. The Bertz CT molecular complexity index is 591. The average molecular weight is 257 g/mol. The van der Waals surface area contributed by atoms with Crippen LogP contribution >= 0.6 is 0 Å². The molecule has 5 heteroatoms. The van der Waals surface area contributed by atoms with Gasteiger partial charge in [0.05, 0.1) is 12.8 Å². The Hall–Kier alpha value is -2.69. The molecule has 0 unspecified atom stereocenters. The highest BCUT2D eigenvalue weighted by Crippen LogP contribution is 2.24. The van der Waals surface area contributed by atoms with Gasteiger partial charge in [-0.25, -0.2) is 0 Å². The quantitative estimate of drug-likeness (QED) is 0.734. The lowest BCUT2D eigenvalue weighted by molar-refractivity contribution is 0.102. The molecule has 0 bridgehead atoms. The van der Waals surface area contributed by atoms with E-state index in [0.717, 1.165) is 0 Å². The largest absolute Gasteiger partial charge is 0.495 e. The number of benzene rings is 2. The maximum Gasteiger partial charge on any atom is 0.255 e. The van der Waals surface area contributed by atoms with Crippen molar-refractivity contribution in [2.75, 3.05) is 23.9 Å². The first-order chi connectivity index (χ1) is 9.10. The minimum Gasteiger partial charge on any atom is -0.495 e. The molecule has 1 amide bonds. The summed E-state index contributed by atoms with van der Waals surface area (Å²) < 4.78 is 5.17. The van der Waals surface area contributed by atoms with Crippen molar-refractivity contribution in [3.63, 3.8) is 0 Å². The first-order valence-corrected chi connectivity index (χ1v) is 5.70. The number of para-hydroxylation sites is 2. The number of nitrogens with one attached hydrogen (secondary N) is 1. The molecule has 0 aliphatic rings. The summed E-state index contributed by atoms with van der Waals surface area (Å²) in [7, 11) is 1.55. The van der Waals surface area contributed by atoms with Gasteiger partial charge in [0.25, 0.3) is 5.91 Å². The third-order valence-corrected chi connectivity index (χ3v) is 2.60. The van der Waals surface area contributed by atoms with Gasteiger partial charge in [0, 0.05) is 16.9 Å². The summed E-state index contributed by atoms with van der Waals surface area (Å²) in [6.07, 6.45) is 0. The predicted octanol–water partition coefficient (Wildman–Crippen LogP) is 2.11. The highest BCUT2D eigenvalue weighted by atomic mass is 16.5. The summed E-state index contributed by atoms with van der Waals surface area (Å²) in [5, 5.41) is 2.76. The van der Waals surface area contributed by atoms with Crippen LogP contribution in [0, 0.1) is 0 Å². The van der Waals surface area contributed by atoms with E-state index in [1.54, 1.807) is 37.4 Å². The van der Waals surface area contributed by atoms with Crippen molar-refractivity contribution >= 4 is 23.0 Å². The van der Waals surface area contributed by atoms with Crippen molar-refractivity contribution in [3.8, 4) is 5.75 Å². The van der Waals surface area contributed by atoms with Crippen molar-refractivity contribution < 1.29 is 9.53 Å². The highest BCUT2D eigenvalue weighted by Gasteiger charge is 2.10. The number of anilines is 3. The summed E-state index contributed by atoms with van der Waals surface area (Å²) >= 11 is 0. The summed E-state index contributed by atoms with van der Waals surface area (Å²) in [6, 6.07) is 11.9. The zero-order chi connectivity index (χ0) is 13.8. The summed E-state index contributed by atoms with van der Waals surface area (Å²) in [5.41, 5.74) is 13.2. The van der Waals surface area contributed by atoms with Gasteiger partial charge < -0.3 is 21.5 Å². The fourth-order valence-corrected chi connectivity index (χ4v) is 1.75. The molecular weight excluding hydrogens is 242 g/mol. The Morgan fingerprint density at radius 3 is 2.37 bits per heavy atom. The smallest absolute Gasteiger partial charge is 0.255 e. The van der Waals surface area contributed by atoms with E-state index in [2.05, 4.69) is 5.32 Å². The second kappa shape index (κ2) is 5.30. The number of hydrogen-bond donors (Lipinski definition) is 3. The number of rotatable bonds is 3. The van der Waals surface area contributed by atoms with Gasteiger partial charge in [-0.1, -0.05) is 12.1 Å². The van der Waals surface area contributed by atoms with E-state index < -0.39 is 0 Å². The van der Waals surface area contributed by atoms with Crippen molar-refractivity contribution in [2.45, 2.75) is 0 Å². The molecule has 0 saturated heterocycles. The standard InChI is InChI=1S/C14H15N3O2/c1-19-13-5-3-2-4-12(13)17-14(18)9-6-10(15)8-11(16)7-9/h2-8H,15-16H2,1H3,(H,17,18). The van der Waals surface area contributed by atoms with E-state index in [9.17, 15) is 4.79 Å². The zero-order valence-electron chi connectivity index (χ0n) is 10.5. The Morgan fingerprint density at radius 2 is 1.74 bits per heavy atom. The molecule has 2 aromatic carbocycles. The summed E-state index contributed by atoms with van der Waals surface area (Å²) in [4.78, 5) is 12.1. The van der Waals surface area contributed by atoms with Crippen molar-refractivity contribution in [3.05, 3.63) is 48.0 Å². The van der Waals surface area contributed by atoms with Crippen LogP contribution in [0.25, 0.3) is 0 Å². The van der Waals surface area contributed by atoms with Crippen LogP contribution in [0.3, 0.4) is 0 Å². The third-order valence-electron chi connectivity index (χ3n) is 2.60. The van der Waals surface area contributed by atoms with Gasteiger partial charge in [-0.15, -0.1) is 0 Å². The fourth-order valence-electron chi connectivity index (χ4n) is 1.75. The van der Waals surface area contributed by atoms with E-state index in [1.807, 2.05) is 12.1 Å². The Balaban J connectivity index is 2.25. The molecule has 5 nitrogen and oxygen atoms in total. The molecule has 2 rings (SSSR count). The number of methoxy groups -OCH3 is 1. The van der Waals surface area contributed by atoms with Crippen LogP contribution in [0.2, 0.25) is 0 Å². The van der Waals surface area contributed by atoms with Gasteiger partial charge in [-0.3, -0.25) is 4.79 Å². The molecule has 2 aromatic rings. The van der Waals surface area contributed by atoms with Crippen molar-refractivity contribution in [2.24, 2.45) is 0 Å².